The number of imidazole rings is 1. The van der Waals surface area contributed by atoms with Crippen LogP contribution in [0.4, 0.5) is 13.2 Å². The molecule has 0 fully saturated rings. The van der Waals surface area contributed by atoms with Gasteiger partial charge in [-0.15, -0.1) is 0 Å². The van der Waals surface area contributed by atoms with Gasteiger partial charge >= 0.3 is 6.18 Å². The van der Waals surface area contributed by atoms with E-state index in [1.54, 1.807) is 12.1 Å². The number of alkyl halides is 3. The van der Waals surface area contributed by atoms with E-state index in [1.807, 2.05) is 0 Å². The molecule has 0 bridgehead atoms. The van der Waals surface area contributed by atoms with E-state index in [0.717, 1.165) is 6.07 Å². The van der Waals surface area contributed by atoms with Crippen molar-refractivity contribution < 1.29 is 13.2 Å². The lowest BCUT2D eigenvalue weighted by Crippen LogP contribution is -2.05. The third kappa shape index (κ3) is 2.80. The molecule has 0 amide bonds. The largest absolute Gasteiger partial charge is 0.416 e. The van der Waals surface area contributed by atoms with Gasteiger partial charge in [0.2, 0.25) is 0 Å². The molecular formula is C12H3Cl2F3N4. The maximum absolute atomic E-state index is 12.8. The van der Waals surface area contributed by atoms with E-state index in [2.05, 4.69) is 9.97 Å². The van der Waals surface area contributed by atoms with Crippen molar-refractivity contribution in [2.45, 2.75) is 6.18 Å². The van der Waals surface area contributed by atoms with Crippen LogP contribution in [0, 0.1) is 22.7 Å². The van der Waals surface area contributed by atoms with Crippen molar-refractivity contribution in [3.05, 3.63) is 39.1 Å². The van der Waals surface area contributed by atoms with E-state index < -0.39 is 11.7 Å². The number of benzene rings is 1. The van der Waals surface area contributed by atoms with Crippen molar-refractivity contribution in [2.75, 3.05) is 0 Å². The molecule has 0 saturated carbocycles. The lowest BCUT2D eigenvalue weighted by Gasteiger charge is -2.10. The van der Waals surface area contributed by atoms with Gasteiger partial charge in [-0.05, 0) is 12.1 Å². The van der Waals surface area contributed by atoms with Crippen LogP contribution in [0.1, 0.15) is 17.0 Å². The molecule has 2 aromatic rings. The summed E-state index contributed by atoms with van der Waals surface area (Å²) in [5.74, 6) is -0.138. The minimum absolute atomic E-state index is 0.138. The number of aromatic nitrogens is 2. The molecule has 0 saturated heterocycles. The van der Waals surface area contributed by atoms with E-state index in [-0.39, 0.29) is 32.8 Å². The number of nitrogens with one attached hydrogen (secondary N) is 1. The first kappa shape index (κ1) is 15.2. The van der Waals surface area contributed by atoms with Gasteiger partial charge in [-0.25, -0.2) is 4.98 Å². The molecule has 0 atom stereocenters. The van der Waals surface area contributed by atoms with Crippen LogP contribution >= 0.6 is 23.2 Å². The highest BCUT2D eigenvalue weighted by atomic mass is 35.5. The summed E-state index contributed by atoms with van der Waals surface area (Å²) in [6, 6.07) is 4.76. The monoisotopic (exact) mass is 330 g/mol. The lowest BCUT2D eigenvalue weighted by molar-refractivity contribution is -0.137. The summed E-state index contributed by atoms with van der Waals surface area (Å²) < 4.78 is 38.3. The smallest absolute Gasteiger partial charge is 0.329 e. The molecule has 1 heterocycles. The first-order chi connectivity index (χ1) is 9.77. The van der Waals surface area contributed by atoms with E-state index in [1.165, 1.54) is 0 Å². The molecule has 4 nitrogen and oxygen atoms in total. The van der Waals surface area contributed by atoms with Gasteiger partial charge in [-0.3, -0.25) is 0 Å². The van der Waals surface area contributed by atoms with Crippen molar-refractivity contribution in [1.29, 1.82) is 10.5 Å². The van der Waals surface area contributed by atoms with Gasteiger partial charge in [-0.1, -0.05) is 23.2 Å². The van der Waals surface area contributed by atoms with Gasteiger partial charge in [0.05, 0.1) is 15.6 Å². The van der Waals surface area contributed by atoms with Gasteiger partial charge < -0.3 is 4.98 Å². The second kappa shape index (κ2) is 5.28. The molecule has 0 unspecified atom stereocenters. The highest BCUT2D eigenvalue weighted by Crippen LogP contribution is 2.39. The van der Waals surface area contributed by atoms with Crippen LogP contribution in [0.3, 0.4) is 0 Å². The Kier molecular flexibility index (Phi) is 3.82. The molecule has 0 spiro atoms. The third-order valence-corrected chi connectivity index (χ3v) is 3.33. The second-order valence-corrected chi connectivity index (χ2v) is 4.64. The Morgan fingerprint density at radius 3 is 2.29 bits per heavy atom. The molecule has 1 N–H and O–H groups in total. The highest BCUT2D eigenvalue weighted by Gasteiger charge is 2.32. The minimum atomic E-state index is -4.62. The van der Waals surface area contributed by atoms with Gasteiger partial charge in [-0.2, -0.15) is 23.7 Å². The van der Waals surface area contributed by atoms with Gasteiger partial charge in [0, 0.05) is 5.56 Å². The first-order valence-electron chi connectivity index (χ1n) is 5.24. The Morgan fingerprint density at radius 1 is 1.14 bits per heavy atom. The summed E-state index contributed by atoms with van der Waals surface area (Å²) >= 11 is 11.6. The lowest BCUT2D eigenvalue weighted by atomic mass is 10.1. The van der Waals surface area contributed by atoms with Crippen LogP contribution in [0.5, 0.6) is 0 Å². The average molecular weight is 331 g/mol. The fraction of sp³-hybridized carbons (Fsp3) is 0.0833. The number of hydrogen-bond donors (Lipinski definition) is 1. The van der Waals surface area contributed by atoms with E-state index in [9.17, 15) is 13.2 Å². The first-order valence-corrected chi connectivity index (χ1v) is 6.00. The number of hydrogen-bond acceptors (Lipinski definition) is 3. The van der Waals surface area contributed by atoms with Crippen LogP contribution in [-0.4, -0.2) is 9.97 Å². The number of nitrogens with zero attached hydrogens (tertiary/aromatic N) is 3. The zero-order valence-corrected chi connectivity index (χ0v) is 11.4. The number of rotatable bonds is 1. The molecule has 2 rings (SSSR count). The molecule has 0 aliphatic carbocycles. The Hall–Kier alpha value is -2.22. The molecule has 1 aromatic heterocycles. The predicted molar refractivity (Wildman–Crippen MR) is 68.5 cm³/mol. The van der Waals surface area contributed by atoms with Crippen LogP contribution in [0.15, 0.2) is 12.1 Å². The van der Waals surface area contributed by atoms with Crippen molar-refractivity contribution in [3.8, 4) is 23.5 Å². The van der Waals surface area contributed by atoms with Gasteiger partial charge in [0.15, 0.2) is 11.4 Å². The van der Waals surface area contributed by atoms with Crippen molar-refractivity contribution in [2.24, 2.45) is 0 Å². The van der Waals surface area contributed by atoms with Crippen LogP contribution in [-0.2, 0) is 6.18 Å². The van der Waals surface area contributed by atoms with E-state index in [4.69, 9.17) is 33.7 Å². The van der Waals surface area contributed by atoms with Crippen molar-refractivity contribution in [1.82, 2.24) is 9.97 Å². The quantitative estimate of drug-likeness (QED) is 0.853. The Labute approximate surface area is 126 Å². The minimum Gasteiger partial charge on any atom is -0.329 e. The highest BCUT2D eigenvalue weighted by molar-refractivity contribution is 6.43. The average Bonchev–Trinajstić information content (AvgIpc) is 2.83. The molecular weight excluding hydrogens is 328 g/mol. The van der Waals surface area contributed by atoms with Crippen molar-refractivity contribution >= 4 is 23.2 Å². The Balaban J connectivity index is 2.70. The van der Waals surface area contributed by atoms with Gasteiger partial charge in [0.1, 0.15) is 18.0 Å². The molecule has 106 valence electrons. The van der Waals surface area contributed by atoms with E-state index >= 15 is 0 Å². The number of H-pyrrole nitrogens is 1. The number of aromatic amines is 1. The normalized spacial score (nSPS) is 11.0. The fourth-order valence-electron chi connectivity index (χ4n) is 1.59. The van der Waals surface area contributed by atoms with Crippen LogP contribution in [0.25, 0.3) is 11.4 Å². The molecule has 9 heteroatoms. The van der Waals surface area contributed by atoms with E-state index in [0.29, 0.717) is 6.07 Å². The van der Waals surface area contributed by atoms with Crippen LogP contribution in [0.2, 0.25) is 10.0 Å². The molecule has 1 aromatic carbocycles. The fourth-order valence-corrected chi connectivity index (χ4v) is 2.01. The van der Waals surface area contributed by atoms with Gasteiger partial charge in [0.25, 0.3) is 0 Å². The number of halogens is 5. The predicted octanol–water partition coefficient (Wildman–Crippen LogP) is 4.15. The molecule has 0 aliphatic heterocycles. The number of nitriles is 2. The zero-order valence-electron chi connectivity index (χ0n) is 9.89. The summed E-state index contributed by atoms with van der Waals surface area (Å²) in [4.78, 5) is 6.19. The summed E-state index contributed by atoms with van der Waals surface area (Å²) in [6.07, 6.45) is -4.62. The molecule has 0 radical (unpaired) electrons. The Bertz CT molecular complexity index is 765. The molecule has 21 heavy (non-hydrogen) atoms. The van der Waals surface area contributed by atoms with Crippen molar-refractivity contribution in [3.63, 3.8) is 0 Å². The maximum Gasteiger partial charge on any atom is 0.416 e. The maximum atomic E-state index is 12.8. The zero-order chi connectivity index (χ0) is 15.8. The second-order valence-electron chi connectivity index (χ2n) is 3.85. The third-order valence-electron chi connectivity index (χ3n) is 2.53. The van der Waals surface area contributed by atoms with Crippen LogP contribution < -0.4 is 0 Å². The summed E-state index contributed by atoms with van der Waals surface area (Å²) in [6.45, 7) is 0. The summed E-state index contributed by atoms with van der Waals surface area (Å²) in [7, 11) is 0. The SMILES string of the molecule is N#Cc1nc(-c2cc(C(F)(F)F)cc(Cl)c2Cl)[nH]c1C#N. The summed E-state index contributed by atoms with van der Waals surface area (Å²) in [5, 5.41) is 17.1. The standard InChI is InChI=1S/C12H3Cl2F3N4/c13-7-2-5(12(15,16)17)1-6(10(7)14)11-20-8(3-18)9(4-19)21-11/h1-2H,(H,20,21). The topological polar surface area (TPSA) is 76.3 Å². The summed E-state index contributed by atoms with van der Waals surface area (Å²) in [5.41, 5.74) is -1.57. The Morgan fingerprint density at radius 2 is 1.81 bits per heavy atom. The molecule has 0 aliphatic rings.